The molecular formula is C38H44N2O2. The van der Waals surface area contributed by atoms with Gasteiger partial charge < -0.3 is 0 Å². The van der Waals surface area contributed by atoms with Crippen molar-refractivity contribution in [1.82, 2.24) is 0 Å². The number of nitrogens with zero attached hydrogens (tertiary/aromatic N) is 2. The van der Waals surface area contributed by atoms with Crippen molar-refractivity contribution < 1.29 is 9.59 Å². The standard InChI is InChI=1S/C38H44N2O2/c1-25-16-13-18-29(24-25)39(35(41)37(5,6)7)33-22-14-19-30(27(33)3)31-20-15-23-34(28(31)4)40(36(42)38(8,9)10)32-21-12-11-17-26(32)2/h11-24H,1-10H3. The molecule has 0 saturated heterocycles. The van der Waals surface area contributed by atoms with Gasteiger partial charge in [-0.15, -0.1) is 0 Å². The van der Waals surface area contributed by atoms with Crippen LogP contribution in [0.5, 0.6) is 0 Å². The van der Waals surface area contributed by atoms with Crippen LogP contribution < -0.4 is 9.80 Å². The summed E-state index contributed by atoms with van der Waals surface area (Å²) >= 11 is 0. The van der Waals surface area contributed by atoms with Gasteiger partial charge in [-0.25, -0.2) is 0 Å². The van der Waals surface area contributed by atoms with E-state index >= 15 is 0 Å². The van der Waals surface area contributed by atoms with Gasteiger partial charge in [-0.2, -0.15) is 0 Å². The molecule has 0 aliphatic carbocycles. The largest absolute Gasteiger partial charge is 0.280 e. The molecule has 4 heteroatoms. The molecule has 0 aliphatic heterocycles. The zero-order valence-electron chi connectivity index (χ0n) is 26.8. The summed E-state index contributed by atoms with van der Waals surface area (Å²) in [7, 11) is 0. The highest BCUT2D eigenvalue weighted by Gasteiger charge is 2.33. The average Bonchev–Trinajstić information content (AvgIpc) is 2.91. The molecule has 0 spiro atoms. The summed E-state index contributed by atoms with van der Waals surface area (Å²) in [5.74, 6) is 0.0595. The van der Waals surface area contributed by atoms with Crippen LogP contribution in [0.15, 0.2) is 84.9 Å². The van der Waals surface area contributed by atoms with Crippen LogP contribution >= 0.6 is 0 Å². The number of amides is 2. The van der Waals surface area contributed by atoms with Crippen molar-refractivity contribution >= 4 is 34.6 Å². The fourth-order valence-electron chi connectivity index (χ4n) is 5.28. The molecule has 218 valence electrons. The van der Waals surface area contributed by atoms with Crippen LogP contribution in [-0.2, 0) is 9.59 Å². The van der Waals surface area contributed by atoms with E-state index in [1.54, 1.807) is 0 Å². The lowest BCUT2D eigenvalue weighted by Gasteiger charge is -2.33. The van der Waals surface area contributed by atoms with Crippen molar-refractivity contribution in [3.8, 4) is 11.1 Å². The van der Waals surface area contributed by atoms with Gasteiger partial charge in [-0.05, 0) is 91.4 Å². The Morgan fingerprint density at radius 3 is 1.48 bits per heavy atom. The van der Waals surface area contributed by atoms with Gasteiger partial charge in [-0.1, -0.05) is 96.1 Å². The van der Waals surface area contributed by atoms with Crippen molar-refractivity contribution in [3.05, 3.63) is 107 Å². The molecule has 4 aromatic rings. The van der Waals surface area contributed by atoms with Crippen LogP contribution in [-0.4, -0.2) is 11.8 Å². The number of carbonyl (C=O) groups excluding carboxylic acids is 2. The molecule has 4 rings (SSSR count). The van der Waals surface area contributed by atoms with E-state index in [1.165, 1.54) is 0 Å². The first kappa shape index (κ1) is 30.8. The highest BCUT2D eigenvalue weighted by Crippen LogP contribution is 2.42. The molecule has 0 N–H and O–H groups in total. The van der Waals surface area contributed by atoms with Crippen LogP contribution in [0, 0.1) is 38.5 Å². The van der Waals surface area contributed by atoms with Gasteiger partial charge in [0.25, 0.3) is 0 Å². The first-order valence-electron chi connectivity index (χ1n) is 14.6. The third-order valence-corrected chi connectivity index (χ3v) is 7.69. The normalized spacial score (nSPS) is 11.8. The van der Waals surface area contributed by atoms with Gasteiger partial charge >= 0.3 is 0 Å². The third-order valence-electron chi connectivity index (χ3n) is 7.69. The number of rotatable bonds is 5. The molecular weight excluding hydrogens is 516 g/mol. The van der Waals surface area contributed by atoms with Gasteiger partial charge in [0.2, 0.25) is 11.8 Å². The Balaban J connectivity index is 1.94. The number of carbonyl (C=O) groups is 2. The molecule has 0 aromatic heterocycles. The molecule has 0 radical (unpaired) electrons. The Hall–Kier alpha value is -4.18. The maximum absolute atomic E-state index is 14.0. The predicted octanol–water partition coefficient (Wildman–Crippen LogP) is 10.0. The number of hydrogen-bond acceptors (Lipinski definition) is 2. The van der Waals surface area contributed by atoms with E-state index in [-0.39, 0.29) is 11.8 Å². The topological polar surface area (TPSA) is 40.6 Å². The maximum Gasteiger partial charge on any atom is 0.236 e. The van der Waals surface area contributed by atoms with Crippen molar-refractivity contribution in [1.29, 1.82) is 0 Å². The Labute approximate surface area is 252 Å². The van der Waals surface area contributed by atoms with Crippen LogP contribution in [0.4, 0.5) is 22.7 Å². The summed E-state index contributed by atoms with van der Waals surface area (Å²) in [6.07, 6.45) is 0. The monoisotopic (exact) mass is 560 g/mol. The predicted molar refractivity (Wildman–Crippen MR) is 177 cm³/mol. The highest BCUT2D eigenvalue weighted by atomic mass is 16.2. The van der Waals surface area contributed by atoms with Gasteiger partial charge in [0.1, 0.15) is 0 Å². The van der Waals surface area contributed by atoms with Crippen LogP contribution in [0.3, 0.4) is 0 Å². The summed E-state index contributed by atoms with van der Waals surface area (Å²) in [5, 5.41) is 0. The summed E-state index contributed by atoms with van der Waals surface area (Å²) in [6.45, 7) is 20.0. The minimum absolute atomic E-state index is 0.0281. The van der Waals surface area contributed by atoms with E-state index in [2.05, 4.69) is 32.0 Å². The third kappa shape index (κ3) is 6.04. The molecule has 0 fully saturated rings. The van der Waals surface area contributed by atoms with Crippen molar-refractivity contribution in [2.24, 2.45) is 10.8 Å². The van der Waals surface area contributed by atoms with Crippen molar-refractivity contribution in [2.75, 3.05) is 9.80 Å². The average molecular weight is 561 g/mol. The lowest BCUT2D eigenvalue weighted by atomic mass is 9.90. The number of hydrogen-bond donors (Lipinski definition) is 0. The molecule has 42 heavy (non-hydrogen) atoms. The summed E-state index contributed by atoms with van der Waals surface area (Å²) in [4.78, 5) is 31.6. The van der Waals surface area contributed by atoms with Gasteiger partial charge in [-0.3, -0.25) is 19.4 Å². The van der Waals surface area contributed by atoms with Gasteiger partial charge in [0, 0.05) is 16.5 Å². The molecule has 2 amide bonds. The van der Waals surface area contributed by atoms with Crippen LogP contribution in [0.1, 0.15) is 63.8 Å². The molecule has 0 bridgehead atoms. The van der Waals surface area contributed by atoms with Crippen molar-refractivity contribution in [2.45, 2.75) is 69.2 Å². The Bertz CT molecular complexity index is 1640. The fourth-order valence-corrected chi connectivity index (χ4v) is 5.28. The SMILES string of the molecule is Cc1cccc(N(C(=O)C(C)(C)C)c2cccc(-c3cccc(N(C(=O)C(C)(C)C)c4ccccc4C)c3C)c2C)c1. The fraction of sp³-hybridized carbons (Fsp3) is 0.316. The molecule has 0 aliphatic rings. The zero-order chi connectivity index (χ0) is 31.0. The molecule has 4 aromatic carbocycles. The number of aryl methyl sites for hydroxylation is 2. The highest BCUT2D eigenvalue weighted by molar-refractivity contribution is 6.06. The van der Waals surface area contributed by atoms with E-state index in [0.29, 0.717) is 0 Å². The minimum Gasteiger partial charge on any atom is -0.280 e. The minimum atomic E-state index is -0.581. The molecule has 0 unspecified atom stereocenters. The Kier molecular flexibility index (Phi) is 8.50. The quantitative estimate of drug-likeness (QED) is 0.244. The number of para-hydroxylation sites is 1. The summed E-state index contributed by atoms with van der Waals surface area (Å²) in [5.41, 5.74) is 8.46. The van der Waals surface area contributed by atoms with E-state index < -0.39 is 10.8 Å². The lowest BCUT2D eigenvalue weighted by Crippen LogP contribution is -2.37. The summed E-state index contributed by atoms with van der Waals surface area (Å²) < 4.78 is 0. The Morgan fingerprint density at radius 2 is 0.976 bits per heavy atom. The molecule has 0 atom stereocenters. The first-order chi connectivity index (χ1) is 19.6. The van der Waals surface area contributed by atoms with Crippen LogP contribution in [0.2, 0.25) is 0 Å². The van der Waals surface area contributed by atoms with E-state index in [0.717, 1.165) is 56.1 Å². The van der Waals surface area contributed by atoms with Crippen LogP contribution in [0.25, 0.3) is 11.1 Å². The maximum atomic E-state index is 14.0. The van der Waals surface area contributed by atoms with E-state index in [4.69, 9.17) is 0 Å². The van der Waals surface area contributed by atoms with Gasteiger partial charge in [0.05, 0.1) is 17.1 Å². The summed E-state index contributed by atoms with van der Waals surface area (Å²) in [6, 6.07) is 28.4. The second kappa shape index (κ2) is 11.6. The molecule has 4 nitrogen and oxygen atoms in total. The van der Waals surface area contributed by atoms with Crippen molar-refractivity contribution in [3.63, 3.8) is 0 Å². The number of anilines is 4. The second-order valence-corrected chi connectivity index (χ2v) is 13.3. The second-order valence-electron chi connectivity index (χ2n) is 13.3. The van der Waals surface area contributed by atoms with E-state index in [9.17, 15) is 9.59 Å². The Morgan fingerprint density at radius 1 is 0.524 bits per heavy atom. The van der Waals surface area contributed by atoms with Gasteiger partial charge in [0.15, 0.2) is 0 Å². The molecule has 0 heterocycles. The lowest BCUT2D eigenvalue weighted by molar-refractivity contribution is -0.125. The first-order valence-corrected chi connectivity index (χ1v) is 14.6. The smallest absolute Gasteiger partial charge is 0.236 e. The number of benzene rings is 4. The zero-order valence-corrected chi connectivity index (χ0v) is 26.8. The van der Waals surface area contributed by atoms with E-state index in [1.807, 2.05) is 132 Å². The molecule has 0 saturated carbocycles.